The van der Waals surface area contributed by atoms with Crippen LogP contribution < -0.4 is 10.1 Å². The fourth-order valence-electron chi connectivity index (χ4n) is 3.04. The lowest BCUT2D eigenvalue weighted by Crippen LogP contribution is -2.31. The molecule has 0 fully saturated rings. The molecule has 3 rings (SSSR count). The van der Waals surface area contributed by atoms with E-state index in [2.05, 4.69) is 17.4 Å². The van der Waals surface area contributed by atoms with E-state index in [1.54, 1.807) is 0 Å². The highest BCUT2D eigenvalue weighted by atomic mass is 35.5. The van der Waals surface area contributed by atoms with E-state index in [-0.39, 0.29) is 12.6 Å². The molecule has 3 nitrogen and oxygen atoms in total. The number of hydrogen-bond acceptors (Lipinski definition) is 3. The van der Waals surface area contributed by atoms with E-state index >= 15 is 0 Å². The van der Waals surface area contributed by atoms with E-state index in [1.165, 1.54) is 0 Å². The Labute approximate surface area is 169 Å². The zero-order chi connectivity index (χ0) is 19.2. The molecule has 0 saturated heterocycles. The Kier molecular flexibility index (Phi) is 6.97. The van der Waals surface area contributed by atoms with E-state index in [0.29, 0.717) is 23.2 Å². The second-order valence-electron chi connectivity index (χ2n) is 6.42. The molecule has 0 heterocycles. The molecule has 3 aromatic rings. The van der Waals surface area contributed by atoms with Crippen molar-refractivity contribution in [2.24, 2.45) is 0 Å². The van der Waals surface area contributed by atoms with Crippen molar-refractivity contribution < 1.29 is 9.84 Å². The SMILES string of the molecule is CCC(CO)NCc1c(OCc2c(Cl)cccc2Cl)ccc2ccccc12. The van der Waals surface area contributed by atoms with Crippen molar-refractivity contribution >= 4 is 34.0 Å². The average molecular weight is 404 g/mol. The van der Waals surface area contributed by atoms with Gasteiger partial charge in [-0.2, -0.15) is 0 Å². The van der Waals surface area contributed by atoms with Gasteiger partial charge in [0.25, 0.3) is 0 Å². The van der Waals surface area contributed by atoms with Gasteiger partial charge in [-0.15, -0.1) is 0 Å². The number of aliphatic hydroxyl groups excluding tert-OH is 1. The topological polar surface area (TPSA) is 41.5 Å². The van der Waals surface area contributed by atoms with Gasteiger partial charge in [0.15, 0.2) is 0 Å². The minimum absolute atomic E-state index is 0.0508. The third-order valence-corrected chi connectivity index (χ3v) is 5.42. The summed E-state index contributed by atoms with van der Waals surface area (Å²) in [7, 11) is 0. The van der Waals surface area contributed by atoms with E-state index in [9.17, 15) is 5.11 Å². The van der Waals surface area contributed by atoms with Crippen molar-refractivity contribution in [3.63, 3.8) is 0 Å². The normalized spacial score (nSPS) is 12.3. The average Bonchev–Trinajstić information content (AvgIpc) is 2.69. The molecule has 0 saturated carbocycles. The maximum Gasteiger partial charge on any atom is 0.124 e. The lowest BCUT2D eigenvalue weighted by molar-refractivity contribution is 0.237. The minimum Gasteiger partial charge on any atom is -0.488 e. The van der Waals surface area contributed by atoms with Crippen molar-refractivity contribution in [2.75, 3.05) is 6.61 Å². The molecular formula is C22H23Cl2NO2. The number of ether oxygens (including phenoxy) is 1. The minimum atomic E-state index is 0.0508. The van der Waals surface area contributed by atoms with Crippen LogP contribution in [-0.2, 0) is 13.2 Å². The fraction of sp³-hybridized carbons (Fsp3) is 0.273. The highest BCUT2D eigenvalue weighted by Crippen LogP contribution is 2.31. The van der Waals surface area contributed by atoms with E-state index in [1.807, 2.05) is 49.4 Å². The number of benzene rings is 3. The molecule has 0 aliphatic rings. The van der Waals surface area contributed by atoms with Crippen molar-refractivity contribution in [2.45, 2.75) is 32.5 Å². The van der Waals surface area contributed by atoms with Crippen molar-refractivity contribution in [1.82, 2.24) is 5.32 Å². The number of aliphatic hydroxyl groups is 1. The molecule has 0 radical (unpaired) electrons. The first kappa shape index (κ1) is 20.0. The van der Waals surface area contributed by atoms with Crippen molar-refractivity contribution in [3.05, 3.63) is 75.8 Å². The molecule has 142 valence electrons. The molecule has 1 unspecified atom stereocenters. The second-order valence-corrected chi connectivity index (χ2v) is 7.24. The number of fused-ring (bicyclic) bond motifs is 1. The maximum absolute atomic E-state index is 9.48. The molecule has 0 amide bonds. The Morgan fingerprint density at radius 3 is 2.41 bits per heavy atom. The summed E-state index contributed by atoms with van der Waals surface area (Å²) in [5.41, 5.74) is 1.83. The Morgan fingerprint density at radius 1 is 0.963 bits per heavy atom. The predicted octanol–water partition coefficient (Wildman–Crippen LogP) is 5.59. The van der Waals surface area contributed by atoms with Crippen LogP contribution in [0.15, 0.2) is 54.6 Å². The van der Waals surface area contributed by atoms with Gasteiger partial charge in [-0.1, -0.05) is 66.5 Å². The highest BCUT2D eigenvalue weighted by Gasteiger charge is 2.13. The molecule has 0 aliphatic heterocycles. The Morgan fingerprint density at radius 2 is 1.70 bits per heavy atom. The van der Waals surface area contributed by atoms with Gasteiger partial charge >= 0.3 is 0 Å². The van der Waals surface area contributed by atoms with Gasteiger partial charge in [0, 0.05) is 33.8 Å². The number of halogens is 2. The summed E-state index contributed by atoms with van der Waals surface area (Å²) in [6.07, 6.45) is 0.854. The number of hydrogen-bond donors (Lipinski definition) is 2. The molecular weight excluding hydrogens is 381 g/mol. The molecule has 0 aromatic heterocycles. The molecule has 0 spiro atoms. The van der Waals surface area contributed by atoms with Gasteiger partial charge in [-0.3, -0.25) is 0 Å². The lowest BCUT2D eigenvalue weighted by Gasteiger charge is -2.19. The van der Waals surface area contributed by atoms with Crippen LogP contribution in [0.2, 0.25) is 10.0 Å². The smallest absolute Gasteiger partial charge is 0.124 e. The first-order chi connectivity index (χ1) is 13.1. The molecule has 5 heteroatoms. The summed E-state index contributed by atoms with van der Waals surface area (Å²) in [4.78, 5) is 0. The molecule has 2 N–H and O–H groups in total. The van der Waals surface area contributed by atoms with Gasteiger partial charge in [0.05, 0.1) is 6.61 Å². The Bertz CT molecular complexity index is 890. The summed E-state index contributed by atoms with van der Waals surface area (Å²) >= 11 is 12.5. The van der Waals surface area contributed by atoms with Gasteiger partial charge < -0.3 is 15.2 Å². The number of rotatable bonds is 8. The first-order valence-electron chi connectivity index (χ1n) is 9.04. The maximum atomic E-state index is 9.48. The quantitative estimate of drug-likeness (QED) is 0.515. The van der Waals surface area contributed by atoms with Crippen LogP contribution in [0.25, 0.3) is 10.8 Å². The largest absolute Gasteiger partial charge is 0.488 e. The van der Waals surface area contributed by atoms with Crippen LogP contribution in [0, 0.1) is 0 Å². The molecule has 0 bridgehead atoms. The van der Waals surface area contributed by atoms with Crippen molar-refractivity contribution in [1.29, 1.82) is 0 Å². The summed E-state index contributed by atoms with van der Waals surface area (Å²) < 4.78 is 6.12. The van der Waals surface area contributed by atoms with E-state index < -0.39 is 0 Å². The first-order valence-corrected chi connectivity index (χ1v) is 9.80. The van der Waals surface area contributed by atoms with Crippen LogP contribution >= 0.6 is 23.2 Å². The second kappa shape index (κ2) is 9.43. The molecule has 3 aromatic carbocycles. The lowest BCUT2D eigenvalue weighted by atomic mass is 10.0. The van der Waals surface area contributed by atoms with Gasteiger partial charge in [-0.05, 0) is 35.4 Å². The number of nitrogens with one attached hydrogen (secondary N) is 1. The standard InChI is InChI=1S/C22H23Cl2NO2/c1-2-16(13-26)25-12-18-17-7-4-3-6-15(17)10-11-22(18)27-14-19-20(23)8-5-9-21(19)24/h3-11,16,25-26H,2,12-14H2,1H3. The third-order valence-electron chi connectivity index (χ3n) is 4.71. The van der Waals surface area contributed by atoms with Crippen molar-refractivity contribution in [3.8, 4) is 5.75 Å². The van der Waals surface area contributed by atoms with Gasteiger partial charge in [-0.25, -0.2) is 0 Å². The van der Waals surface area contributed by atoms with Crippen LogP contribution in [0.1, 0.15) is 24.5 Å². The monoisotopic (exact) mass is 403 g/mol. The predicted molar refractivity (Wildman–Crippen MR) is 113 cm³/mol. The summed E-state index contributed by atoms with van der Waals surface area (Å²) in [5, 5.41) is 16.3. The summed E-state index contributed by atoms with van der Waals surface area (Å²) in [6.45, 7) is 3.05. The van der Waals surface area contributed by atoms with E-state index in [4.69, 9.17) is 27.9 Å². The van der Waals surface area contributed by atoms with E-state index in [0.717, 1.165) is 34.1 Å². The Hall–Kier alpha value is -1.78. The summed E-state index contributed by atoms with van der Waals surface area (Å²) in [5.74, 6) is 0.782. The molecule has 1 atom stereocenters. The van der Waals surface area contributed by atoms with Gasteiger partial charge in [0.2, 0.25) is 0 Å². The van der Waals surface area contributed by atoms with Gasteiger partial charge in [0.1, 0.15) is 12.4 Å². The zero-order valence-electron chi connectivity index (χ0n) is 15.2. The zero-order valence-corrected chi connectivity index (χ0v) is 16.7. The fourth-order valence-corrected chi connectivity index (χ4v) is 3.54. The third kappa shape index (κ3) is 4.74. The molecule has 0 aliphatic carbocycles. The van der Waals surface area contributed by atoms with Crippen LogP contribution in [0.3, 0.4) is 0 Å². The van der Waals surface area contributed by atoms with Crippen LogP contribution in [-0.4, -0.2) is 17.8 Å². The summed E-state index contributed by atoms with van der Waals surface area (Å²) in [6, 6.07) is 17.7. The van der Waals surface area contributed by atoms with Crippen LogP contribution in [0.5, 0.6) is 5.75 Å². The highest BCUT2D eigenvalue weighted by molar-refractivity contribution is 6.35. The molecule has 27 heavy (non-hydrogen) atoms. The van der Waals surface area contributed by atoms with Crippen LogP contribution in [0.4, 0.5) is 0 Å². The Balaban J connectivity index is 1.90.